The van der Waals surface area contributed by atoms with Crippen LogP contribution in [0, 0.1) is 6.92 Å². The van der Waals surface area contributed by atoms with E-state index < -0.39 is 5.91 Å². The number of thioether (sulfide) groups is 1. The van der Waals surface area contributed by atoms with Crippen LogP contribution in [-0.2, 0) is 9.59 Å². The molecule has 0 bridgehead atoms. The highest BCUT2D eigenvalue weighted by atomic mass is 32.2. The number of carbonyl (C=O) groups is 2. The van der Waals surface area contributed by atoms with E-state index >= 15 is 0 Å². The number of aromatic hydroxyl groups is 2. The third-order valence-corrected chi connectivity index (χ3v) is 3.89. The van der Waals surface area contributed by atoms with Crippen molar-refractivity contribution in [2.75, 3.05) is 11.1 Å². The highest BCUT2D eigenvalue weighted by Crippen LogP contribution is 2.47. The van der Waals surface area contributed by atoms with Gasteiger partial charge in [0.05, 0.1) is 16.0 Å². The van der Waals surface area contributed by atoms with Crippen LogP contribution in [0.4, 0.5) is 5.69 Å². The Morgan fingerprint density at radius 1 is 1.43 bits per heavy atom. The summed E-state index contributed by atoms with van der Waals surface area (Å²) < 4.78 is 0. The SMILES string of the molecule is CC(=O)Nc1c(SCC=O)c(O)c2nccc(C)c2c1O. The van der Waals surface area contributed by atoms with Gasteiger partial charge in [0.25, 0.3) is 0 Å². The Morgan fingerprint density at radius 2 is 2.14 bits per heavy atom. The molecule has 1 aromatic carbocycles. The molecule has 2 aromatic rings. The number of hydrogen-bond donors (Lipinski definition) is 3. The fourth-order valence-electron chi connectivity index (χ4n) is 2.05. The summed E-state index contributed by atoms with van der Waals surface area (Å²) in [6, 6.07) is 1.69. The van der Waals surface area contributed by atoms with Crippen molar-refractivity contribution >= 4 is 40.5 Å². The van der Waals surface area contributed by atoms with Gasteiger partial charge in [-0.3, -0.25) is 9.78 Å². The minimum atomic E-state index is -0.390. The molecule has 7 heteroatoms. The second-order valence-corrected chi connectivity index (χ2v) is 5.44. The van der Waals surface area contributed by atoms with E-state index in [0.29, 0.717) is 17.2 Å². The first-order valence-corrected chi connectivity index (χ1v) is 7.13. The molecule has 1 aromatic heterocycles. The summed E-state index contributed by atoms with van der Waals surface area (Å²) in [5.74, 6) is -0.644. The second-order valence-electron chi connectivity index (χ2n) is 4.41. The van der Waals surface area contributed by atoms with Crippen LogP contribution in [0.1, 0.15) is 12.5 Å². The monoisotopic (exact) mass is 306 g/mol. The number of benzene rings is 1. The van der Waals surface area contributed by atoms with Crippen LogP contribution in [0.15, 0.2) is 17.2 Å². The van der Waals surface area contributed by atoms with Crippen LogP contribution in [0.2, 0.25) is 0 Å². The molecule has 0 saturated heterocycles. The van der Waals surface area contributed by atoms with Gasteiger partial charge >= 0.3 is 0 Å². The maximum absolute atomic E-state index is 11.3. The Morgan fingerprint density at radius 3 is 2.76 bits per heavy atom. The second kappa shape index (κ2) is 6.01. The zero-order chi connectivity index (χ0) is 15.6. The molecule has 0 unspecified atom stereocenters. The fourth-order valence-corrected chi connectivity index (χ4v) is 2.81. The van der Waals surface area contributed by atoms with Gasteiger partial charge in [-0.25, -0.2) is 0 Å². The maximum atomic E-state index is 11.3. The first kappa shape index (κ1) is 15.1. The van der Waals surface area contributed by atoms with Crippen LogP contribution in [0.5, 0.6) is 11.5 Å². The van der Waals surface area contributed by atoms with Gasteiger partial charge in [-0.05, 0) is 18.6 Å². The normalized spacial score (nSPS) is 10.6. The highest BCUT2D eigenvalue weighted by molar-refractivity contribution is 8.00. The first-order chi connectivity index (χ1) is 9.97. The molecule has 0 spiro atoms. The number of anilines is 1. The summed E-state index contributed by atoms with van der Waals surface area (Å²) >= 11 is 1.02. The minimum absolute atomic E-state index is 0.0803. The van der Waals surface area contributed by atoms with Gasteiger partial charge in [0.2, 0.25) is 5.91 Å². The molecule has 6 nitrogen and oxygen atoms in total. The van der Waals surface area contributed by atoms with Crippen LogP contribution >= 0.6 is 11.8 Å². The van der Waals surface area contributed by atoms with Crippen LogP contribution in [-0.4, -0.2) is 33.1 Å². The quantitative estimate of drug-likeness (QED) is 0.346. The molecule has 0 atom stereocenters. The number of fused-ring (bicyclic) bond motifs is 1. The molecular weight excluding hydrogens is 292 g/mol. The Hall–Kier alpha value is -2.28. The van der Waals surface area contributed by atoms with Gasteiger partial charge in [-0.1, -0.05) is 0 Å². The zero-order valence-electron chi connectivity index (χ0n) is 11.5. The summed E-state index contributed by atoms with van der Waals surface area (Å²) in [5.41, 5.74) is 1.04. The van der Waals surface area contributed by atoms with E-state index in [9.17, 15) is 19.8 Å². The predicted molar refractivity (Wildman–Crippen MR) is 80.9 cm³/mol. The number of amides is 1. The number of rotatable bonds is 4. The third-order valence-electron chi connectivity index (χ3n) is 2.90. The number of pyridine rings is 1. The number of carbonyl (C=O) groups excluding carboxylic acids is 2. The lowest BCUT2D eigenvalue weighted by Crippen LogP contribution is -2.08. The number of aryl methyl sites for hydroxylation is 1. The average Bonchev–Trinajstić information content (AvgIpc) is 2.43. The summed E-state index contributed by atoms with van der Waals surface area (Å²) in [4.78, 5) is 26.2. The van der Waals surface area contributed by atoms with E-state index in [1.807, 2.05) is 0 Å². The lowest BCUT2D eigenvalue weighted by molar-refractivity contribution is -0.114. The Balaban J connectivity index is 2.81. The van der Waals surface area contributed by atoms with Crippen molar-refractivity contribution in [3.8, 4) is 11.5 Å². The summed E-state index contributed by atoms with van der Waals surface area (Å²) in [6.07, 6.45) is 2.19. The molecule has 0 saturated carbocycles. The molecule has 21 heavy (non-hydrogen) atoms. The van der Waals surface area contributed by atoms with Crippen molar-refractivity contribution < 1.29 is 19.8 Å². The third kappa shape index (κ3) is 2.78. The largest absolute Gasteiger partial charge is 0.505 e. The van der Waals surface area contributed by atoms with Gasteiger partial charge < -0.3 is 20.3 Å². The lowest BCUT2D eigenvalue weighted by Gasteiger charge is -2.16. The minimum Gasteiger partial charge on any atom is -0.505 e. The Labute approximate surface area is 125 Å². The molecule has 1 heterocycles. The number of phenols is 2. The standard InChI is InChI=1S/C14H14N2O4S/c1-7-3-4-15-10-9(7)12(19)11(16-8(2)18)14(13(10)20)21-6-5-17/h3-5,19-20H,6H2,1-2H3,(H,16,18). The van der Waals surface area contributed by atoms with Crippen molar-refractivity contribution in [1.82, 2.24) is 4.98 Å². The predicted octanol–water partition coefficient (Wildman–Crippen LogP) is 2.20. The molecule has 2 rings (SSSR count). The van der Waals surface area contributed by atoms with E-state index in [-0.39, 0.29) is 33.4 Å². The van der Waals surface area contributed by atoms with Crippen LogP contribution in [0.25, 0.3) is 10.9 Å². The first-order valence-electron chi connectivity index (χ1n) is 6.14. The molecule has 0 aliphatic rings. The number of nitrogens with one attached hydrogen (secondary N) is 1. The molecular formula is C14H14N2O4S. The summed E-state index contributed by atoms with van der Waals surface area (Å²) in [6.45, 7) is 3.06. The van der Waals surface area contributed by atoms with E-state index in [1.165, 1.54) is 13.1 Å². The van der Waals surface area contributed by atoms with Crippen LogP contribution < -0.4 is 5.32 Å². The van der Waals surface area contributed by atoms with E-state index in [4.69, 9.17) is 0 Å². The number of nitrogens with zero attached hydrogens (tertiary/aromatic N) is 1. The van der Waals surface area contributed by atoms with Gasteiger partial charge in [0.15, 0.2) is 5.75 Å². The molecule has 0 aliphatic heterocycles. The molecule has 110 valence electrons. The highest BCUT2D eigenvalue weighted by Gasteiger charge is 2.22. The Kier molecular flexibility index (Phi) is 4.32. The van der Waals surface area contributed by atoms with Gasteiger partial charge in [-0.15, -0.1) is 11.8 Å². The zero-order valence-corrected chi connectivity index (χ0v) is 12.3. The van der Waals surface area contributed by atoms with Crippen molar-refractivity contribution in [3.05, 3.63) is 17.8 Å². The molecule has 0 fully saturated rings. The van der Waals surface area contributed by atoms with Crippen molar-refractivity contribution in [3.63, 3.8) is 0 Å². The Bertz CT molecular complexity index is 731. The summed E-state index contributed by atoms with van der Waals surface area (Å²) in [7, 11) is 0. The van der Waals surface area contributed by atoms with Crippen LogP contribution in [0.3, 0.4) is 0 Å². The lowest BCUT2D eigenvalue weighted by atomic mass is 10.1. The van der Waals surface area contributed by atoms with Gasteiger partial charge in [0.1, 0.15) is 23.2 Å². The average molecular weight is 306 g/mol. The smallest absolute Gasteiger partial charge is 0.221 e. The molecule has 0 aliphatic carbocycles. The van der Waals surface area contributed by atoms with Crippen molar-refractivity contribution in [2.24, 2.45) is 0 Å². The van der Waals surface area contributed by atoms with Crippen molar-refractivity contribution in [2.45, 2.75) is 18.7 Å². The number of aldehydes is 1. The van der Waals surface area contributed by atoms with Crippen molar-refractivity contribution in [1.29, 1.82) is 0 Å². The van der Waals surface area contributed by atoms with Gasteiger partial charge in [0, 0.05) is 13.1 Å². The number of hydrogen-bond acceptors (Lipinski definition) is 6. The number of phenolic OH excluding ortho intramolecular Hbond substituents is 2. The van der Waals surface area contributed by atoms with Gasteiger partial charge in [-0.2, -0.15) is 0 Å². The van der Waals surface area contributed by atoms with E-state index in [0.717, 1.165) is 11.8 Å². The van der Waals surface area contributed by atoms with E-state index in [1.54, 1.807) is 13.0 Å². The topological polar surface area (TPSA) is 99.5 Å². The number of aromatic nitrogens is 1. The summed E-state index contributed by atoms with van der Waals surface area (Å²) in [5, 5.41) is 23.6. The fraction of sp³-hybridized carbons (Fsp3) is 0.214. The van der Waals surface area contributed by atoms with E-state index in [2.05, 4.69) is 10.3 Å². The molecule has 0 radical (unpaired) electrons. The maximum Gasteiger partial charge on any atom is 0.221 e. The molecule has 1 amide bonds. The molecule has 3 N–H and O–H groups in total.